The van der Waals surface area contributed by atoms with Crippen LogP contribution in [0.3, 0.4) is 0 Å². The van der Waals surface area contributed by atoms with Crippen LogP contribution in [0.5, 0.6) is 0 Å². The van der Waals surface area contributed by atoms with Gasteiger partial charge in [-0.3, -0.25) is 4.98 Å². The standard InChI is InChI=1S/C24H27N2/c1-14(2)21-12-23(26(6)13-15(21)3)19-10-8-18-11-22-20(24(18)17(19)5)9-7-16(4)25-22/h7-10,12-14H,11H2,1-6H3/q+1/i3D3,14D. The van der Waals surface area contributed by atoms with Gasteiger partial charge in [0.25, 0.3) is 0 Å². The zero-order valence-corrected chi connectivity index (χ0v) is 16.1. The fraction of sp³-hybridized carbons (Fsp3) is 0.333. The molecule has 0 amide bonds. The normalized spacial score (nSPS) is 15.6. The van der Waals surface area contributed by atoms with Gasteiger partial charge in [0.15, 0.2) is 6.20 Å². The highest BCUT2D eigenvalue weighted by atomic mass is 14.9. The molecule has 0 bridgehead atoms. The van der Waals surface area contributed by atoms with E-state index in [2.05, 4.69) is 25.1 Å². The van der Waals surface area contributed by atoms with E-state index >= 15 is 0 Å². The summed E-state index contributed by atoms with van der Waals surface area (Å²) in [6.45, 7) is 5.34. The summed E-state index contributed by atoms with van der Waals surface area (Å²) in [5.41, 5.74) is 9.69. The summed E-state index contributed by atoms with van der Waals surface area (Å²) in [6.07, 6.45) is 2.50. The Kier molecular flexibility index (Phi) is 2.98. The largest absolute Gasteiger partial charge is 0.257 e. The van der Waals surface area contributed by atoms with Crippen molar-refractivity contribution in [2.75, 3.05) is 0 Å². The topological polar surface area (TPSA) is 16.8 Å². The van der Waals surface area contributed by atoms with Crippen LogP contribution >= 0.6 is 0 Å². The fourth-order valence-electron chi connectivity index (χ4n) is 4.05. The summed E-state index contributed by atoms with van der Waals surface area (Å²) in [4.78, 5) is 4.72. The molecule has 1 aromatic carbocycles. The second kappa shape index (κ2) is 6.05. The molecular weight excluding hydrogens is 316 g/mol. The van der Waals surface area contributed by atoms with E-state index in [1.54, 1.807) is 20.0 Å². The van der Waals surface area contributed by atoms with Crippen LogP contribution in [0.15, 0.2) is 36.5 Å². The first-order chi connectivity index (χ1) is 13.9. The van der Waals surface area contributed by atoms with E-state index in [1.807, 2.05) is 30.7 Å². The van der Waals surface area contributed by atoms with Crippen LogP contribution < -0.4 is 4.57 Å². The minimum atomic E-state index is -2.26. The van der Waals surface area contributed by atoms with Gasteiger partial charge < -0.3 is 0 Å². The van der Waals surface area contributed by atoms with Gasteiger partial charge in [-0.25, -0.2) is 4.57 Å². The van der Waals surface area contributed by atoms with Crippen LogP contribution in [0.4, 0.5) is 0 Å². The smallest absolute Gasteiger partial charge is 0.212 e. The van der Waals surface area contributed by atoms with E-state index in [4.69, 9.17) is 10.5 Å². The van der Waals surface area contributed by atoms with Gasteiger partial charge in [-0.05, 0) is 61.0 Å². The zero-order chi connectivity index (χ0) is 22.0. The Morgan fingerprint density at radius 1 is 1.15 bits per heavy atom. The molecule has 2 aromatic heterocycles. The van der Waals surface area contributed by atoms with Crippen LogP contribution in [0.2, 0.25) is 0 Å². The van der Waals surface area contributed by atoms with E-state index in [-0.39, 0.29) is 5.56 Å². The summed E-state index contributed by atoms with van der Waals surface area (Å²) in [7, 11) is 1.87. The van der Waals surface area contributed by atoms with Crippen LogP contribution in [0.25, 0.3) is 22.4 Å². The highest BCUT2D eigenvalue weighted by molar-refractivity contribution is 5.83. The number of aryl methyl sites for hydroxylation is 3. The molecular formula is C24H27N2+. The van der Waals surface area contributed by atoms with E-state index in [0.29, 0.717) is 5.56 Å². The lowest BCUT2D eigenvalue weighted by Gasteiger charge is -2.14. The fourth-order valence-corrected chi connectivity index (χ4v) is 4.05. The van der Waals surface area contributed by atoms with E-state index in [1.165, 1.54) is 16.7 Å². The van der Waals surface area contributed by atoms with Crippen LogP contribution in [0, 0.1) is 20.7 Å². The third-order valence-electron chi connectivity index (χ3n) is 5.38. The van der Waals surface area contributed by atoms with Crippen LogP contribution in [0.1, 0.15) is 58.9 Å². The minimum Gasteiger partial charge on any atom is -0.257 e. The maximum atomic E-state index is 8.55. The summed E-state index contributed by atoms with van der Waals surface area (Å²) >= 11 is 0. The van der Waals surface area contributed by atoms with Crippen molar-refractivity contribution in [2.45, 2.75) is 46.9 Å². The molecule has 3 aromatic rings. The van der Waals surface area contributed by atoms with Crippen molar-refractivity contribution in [2.24, 2.45) is 7.05 Å². The van der Waals surface area contributed by atoms with Gasteiger partial charge in [-0.1, -0.05) is 26.0 Å². The first kappa shape index (κ1) is 12.8. The molecule has 0 atom stereocenters. The third-order valence-corrected chi connectivity index (χ3v) is 5.38. The van der Waals surface area contributed by atoms with Gasteiger partial charge in [0, 0.05) is 40.4 Å². The Labute approximate surface area is 162 Å². The third kappa shape index (κ3) is 2.56. The molecule has 1 aliphatic carbocycles. The summed E-state index contributed by atoms with van der Waals surface area (Å²) in [6, 6.07) is 10.3. The molecule has 4 rings (SSSR count). The lowest BCUT2D eigenvalue weighted by molar-refractivity contribution is -0.660. The van der Waals surface area contributed by atoms with Gasteiger partial charge in [0.2, 0.25) is 5.69 Å². The summed E-state index contributed by atoms with van der Waals surface area (Å²) in [5, 5.41) is 0. The average molecular weight is 348 g/mol. The lowest BCUT2D eigenvalue weighted by Crippen LogP contribution is -2.32. The number of aromatic nitrogens is 2. The first-order valence-corrected chi connectivity index (χ1v) is 9.02. The maximum absolute atomic E-state index is 8.55. The van der Waals surface area contributed by atoms with Crippen LogP contribution in [-0.4, -0.2) is 4.98 Å². The van der Waals surface area contributed by atoms with Crippen molar-refractivity contribution in [3.63, 3.8) is 0 Å². The molecule has 26 heavy (non-hydrogen) atoms. The van der Waals surface area contributed by atoms with Gasteiger partial charge >= 0.3 is 0 Å². The van der Waals surface area contributed by atoms with Crippen molar-refractivity contribution < 1.29 is 10.1 Å². The van der Waals surface area contributed by atoms with E-state index in [9.17, 15) is 0 Å². The molecule has 0 saturated heterocycles. The molecule has 0 N–H and O–H groups in total. The molecule has 1 aliphatic rings. The maximum Gasteiger partial charge on any atom is 0.212 e. The number of hydrogen-bond donors (Lipinski definition) is 0. The molecule has 0 unspecified atom stereocenters. The first-order valence-electron chi connectivity index (χ1n) is 11.0. The Balaban J connectivity index is 1.95. The van der Waals surface area contributed by atoms with Crippen molar-refractivity contribution in [3.05, 3.63) is 70.2 Å². The number of nitrogens with zero attached hydrogens (tertiary/aromatic N) is 2. The molecule has 0 spiro atoms. The molecule has 132 valence electrons. The quantitative estimate of drug-likeness (QED) is 0.456. The van der Waals surface area contributed by atoms with Crippen molar-refractivity contribution in [1.29, 1.82) is 0 Å². The molecule has 0 fully saturated rings. The number of hydrogen-bond acceptors (Lipinski definition) is 1. The molecule has 2 nitrogen and oxygen atoms in total. The van der Waals surface area contributed by atoms with Crippen molar-refractivity contribution >= 4 is 0 Å². The second-order valence-corrected chi connectivity index (χ2v) is 7.49. The molecule has 2 heterocycles. The predicted molar refractivity (Wildman–Crippen MR) is 107 cm³/mol. The average Bonchev–Trinajstić information content (AvgIpc) is 2.98. The summed E-state index contributed by atoms with van der Waals surface area (Å²) in [5.74, 6) is -1.02. The molecule has 0 radical (unpaired) electrons. The van der Waals surface area contributed by atoms with Crippen molar-refractivity contribution in [1.82, 2.24) is 4.98 Å². The van der Waals surface area contributed by atoms with Gasteiger partial charge in [0.1, 0.15) is 7.05 Å². The molecule has 0 aliphatic heterocycles. The minimum absolute atomic E-state index is 0.234. The van der Waals surface area contributed by atoms with Gasteiger partial charge in [-0.15, -0.1) is 0 Å². The van der Waals surface area contributed by atoms with Crippen molar-refractivity contribution in [3.8, 4) is 22.4 Å². The highest BCUT2D eigenvalue weighted by Gasteiger charge is 2.25. The number of benzene rings is 1. The van der Waals surface area contributed by atoms with Gasteiger partial charge in [0.05, 0.1) is 5.69 Å². The Bertz CT molecular complexity index is 1170. The Morgan fingerprint density at radius 3 is 2.65 bits per heavy atom. The monoisotopic (exact) mass is 347 g/mol. The lowest BCUT2D eigenvalue weighted by atomic mass is 9.92. The number of rotatable bonds is 2. The van der Waals surface area contributed by atoms with Crippen LogP contribution in [-0.2, 0) is 13.5 Å². The van der Waals surface area contributed by atoms with E-state index in [0.717, 1.165) is 34.6 Å². The number of pyridine rings is 2. The predicted octanol–water partition coefficient (Wildman–Crippen LogP) is 5.19. The highest BCUT2D eigenvalue weighted by Crippen LogP contribution is 2.41. The Morgan fingerprint density at radius 2 is 1.92 bits per heavy atom. The second-order valence-electron chi connectivity index (χ2n) is 7.49. The Hall–Kier alpha value is -2.48. The van der Waals surface area contributed by atoms with E-state index < -0.39 is 12.7 Å². The van der Waals surface area contributed by atoms with Gasteiger partial charge in [-0.2, -0.15) is 0 Å². The zero-order valence-electron chi connectivity index (χ0n) is 20.1. The number of fused-ring (bicyclic) bond motifs is 3. The SMILES string of the molecule is [2H]C([2H])([2H])c1c[n+](C)c(-c2ccc3c(c2C)-c2ccc(C)nc2C3)cc1C([2H])(C)C. The summed E-state index contributed by atoms with van der Waals surface area (Å²) < 4.78 is 34.2. The molecule has 2 heteroatoms. The molecule has 0 saturated carbocycles.